The van der Waals surface area contributed by atoms with Crippen LogP contribution in [0.4, 0.5) is 0 Å². The number of benzene rings is 3. The molecule has 0 N–H and O–H groups in total. The maximum atomic E-state index is 5.35. The Balaban J connectivity index is 1.73. The molecular formula is C25H26O. The van der Waals surface area contributed by atoms with Crippen LogP contribution in [0.2, 0.25) is 0 Å². The molecule has 0 aromatic heterocycles. The van der Waals surface area contributed by atoms with Crippen LogP contribution in [0.3, 0.4) is 0 Å². The lowest BCUT2D eigenvalue weighted by molar-refractivity contribution is 0.414. The van der Waals surface area contributed by atoms with Crippen LogP contribution in [-0.2, 0) is 0 Å². The second-order valence-electron chi connectivity index (χ2n) is 7.24. The van der Waals surface area contributed by atoms with Gasteiger partial charge in [-0.2, -0.15) is 0 Å². The molecule has 0 radical (unpaired) electrons. The Morgan fingerprint density at radius 1 is 0.846 bits per heavy atom. The van der Waals surface area contributed by atoms with Crippen LogP contribution in [0.25, 0.3) is 10.8 Å². The van der Waals surface area contributed by atoms with Crippen molar-refractivity contribution in [3.8, 4) is 5.75 Å². The van der Waals surface area contributed by atoms with Gasteiger partial charge in [-0.25, -0.2) is 0 Å². The summed E-state index contributed by atoms with van der Waals surface area (Å²) in [6.45, 7) is 0. The molecule has 1 atom stereocenters. The number of methoxy groups -OCH3 is 1. The van der Waals surface area contributed by atoms with E-state index in [2.05, 4.69) is 72.8 Å². The lowest BCUT2D eigenvalue weighted by Crippen LogP contribution is -2.05. The zero-order chi connectivity index (χ0) is 17.8. The molecule has 132 valence electrons. The van der Waals surface area contributed by atoms with Crippen molar-refractivity contribution >= 4 is 10.8 Å². The van der Waals surface area contributed by atoms with Gasteiger partial charge in [0, 0.05) is 5.92 Å². The zero-order valence-electron chi connectivity index (χ0n) is 15.4. The molecule has 0 saturated heterocycles. The standard InChI is InChI=1S/C25H26O/c1-26-24-15-13-21(14-16-24)25(17-19-7-3-2-4-8-19)23-12-11-20-9-5-6-10-22(20)18-23/h5-7,9-16,18,25H,2-4,8,17H2,1H3. The van der Waals surface area contributed by atoms with Gasteiger partial charge in [0.2, 0.25) is 0 Å². The van der Waals surface area contributed by atoms with E-state index in [1.54, 1.807) is 12.7 Å². The van der Waals surface area contributed by atoms with Crippen molar-refractivity contribution in [3.63, 3.8) is 0 Å². The Morgan fingerprint density at radius 2 is 1.62 bits per heavy atom. The van der Waals surface area contributed by atoms with Crippen molar-refractivity contribution in [1.29, 1.82) is 0 Å². The van der Waals surface area contributed by atoms with Gasteiger partial charge in [0.25, 0.3) is 0 Å². The minimum absolute atomic E-state index is 0.398. The molecule has 3 aromatic rings. The SMILES string of the molecule is COc1ccc(C(CC2=CCCCC2)c2ccc3ccccc3c2)cc1. The summed E-state index contributed by atoms with van der Waals surface area (Å²) in [4.78, 5) is 0. The lowest BCUT2D eigenvalue weighted by atomic mass is 9.82. The Morgan fingerprint density at radius 3 is 2.35 bits per heavy atom. The number of hydrogen-bond donors (Lipinski definition) is 0. The second-order valence-corrected chi connectivity index (χ2v) is 7.24. The largest absolute Gasteiger partial charge is 0.497 e. The molecule has 0 fully saturated rings. The molecule has 3 aromatic carbocycles. The van der Waals surface area contributed by atoms with Gasteiger partial charge in [-0.15, -0.1) is 0 Å². The van der Waals surface area contributed by atoms with Gasteiger partial charge in [0.1, 0.15) is 5.75 Å². The summed E-state index contributed by atoms with van der Waals surface area (Å²) in [5.74, 6) is 1.32. The lowest BCUT2D eigenvalue weighted by Gasteiger charge is -2.22. The Bertz CT molecular complexity index is 905. The topological polar surface area (TPSA) is 9.23 Å². The highest BCUT2D eigenvalue weighted by atomic mass is 16.5. The van der Waals surface area contributed by atoms with E-state index in [1.165, 1.54) is 47.6 Å². The number of hydrogen-bond acceptors (Lipinski definition) is 1. The summed E-state index contributed by atoms with van der Waals surface area (Å²) in [6.07, 6.45) is 8.75. The van der Waals surface area contributed by atoms with E-state index in [4.69, 9.17) is 4.74 Å². The number of rotatable bonds is 5. The Labute approximate surface area is 156 Å². The molecule has 0 saturated carbocycles. The monoisotopic (exact) mass is 342 g/mol. The molecule has 0 spiro atoms. The molecular weight excluding hydrogens is 316 g/mol. The summed E-state index contributed by atoms with van der Waals surface area (Å²) >= 11 is 0. The fraction of sp³-hybridized carbons (Fsp3) is 0.280. The Kier molecular flexibility index (Phi) is 5.06. The van der Waals surface area contributed by atoms with Crippen molar-refractivity contribution in [2.45, 2.75) is 38.0 Å². The first kappa shape index (κ1) is 16.9. The van der Waals surface area contributed by atoms with Gasteiger partial charge in [-0.3, -0.25) is 0 Å². The van der Waals surface area contributed by atoms with Crippen molar-refractivity contribution in [2.24, 2.45) is 0 Å². The average Bonchev–Trinajstić information content (AvgIpc) is 2.72. The molecule has 26 heavy (non-hydrogen) atoms. The van der Waals surface area contributed by atoms with E-state index < -0.39 is 0 Å². The molecule has 1 unspecified atom stereocenters. The first-order chi connectivity index (χ1) is 12.8. The van der Waals surface area contributed by atoms with Crippen molar-refractivity contribution in [1.82, 2.24) is 0 Å². The predicted octanol–water partition coefficient (Wildman–Crippen LogP) is 6.87. The second kappa shape index (κ2) is 7.78. The first-order valence-corrected chi connectivity index (χ1v) is 9.64. The summed E-state index contributed by atoms with van der Waals surface area (Å²) in [5.41, 5.74) is 4.39. The van der Waals surface area contributed by atoms with Gasteiger partial charge in [0.15, 0.2) is 0 Å². The summed E-state index contributed by atoms with van der Waals surface area (Å²) < 4.78 is 5.35. The van der Waals surface area contributed by atoms with E-state index in [0.717, 1.165) is 12.2 Å². The molecule has 0 aliphatic heterocycles. The third kappa shape index (κ3) is 3.67. The molecule has 0 heterocycles. The molecule has 0 bridgehead atoms. The molecule has 1 aliphatic carbocycles. The van der Waals surface area contributed by atoms with Gasteiger partial charge >= 0.3 is 0 Å². The van der Waals surface area contributed by atoms with E-state index in [9.17, 15) is 0 Å². The highest BCUT2D eigenvalue weighted by Gasteiger charge is 2.18. The average molecular weight is 342 g/mol. The van der Waals surface area contributed by atoms with Crippen LogP contribution in [0, 0.1) is 0 Å². The van der Waals surface area contributed by atoms with Crippen LogP contribution in [0.1, 0.15) is 49.1 Å². The normalized spacial score (nSPS) is 15.5. The maximum absolute atomic E-state index is 5.35. The van der Waals surface area contributed by atoms with Crippen molar-refractivity contribution < 1.29 is 4.74 Å². The van der Waals surface area contributed by atoms with Crippen LogP contribution in [0.5, 0.6) is 5.75 Å². The predicted molar refractivity (Wildman–Crippen MR) is 110 cm³/mol. The van der Waals surface area contributed by atoms with Gasteiger partial charge in [-0.1, -0.05) is 66.2 Å². The van der Waals surface area contributed by atoms with Gasteiger partial charge < -0.3 is 4.74 Å². The van der Waals surface area contributed by atoms with E-state index >= 15 is 0 Å². The van der Waals surface area contributed by atoms with Crippen LogP contribution in [0.15, 0.2) is 78.4 Å². The highest BCUT2D eigenvalue weighted by Crippen LogP contribution is 2.36. The number of ether oxygens (including phenoxy) is 1. The van der Waals surface area contributed by atoms with Crippen LogP contribution < -0.4 is 4.74 Å². The van der Waals surface area contributed by atoms with Crippen molar-refractivity contribution in [3.05, 3.63) is 89.5 Å². The third-order valence-corrected chi connectivity index (χ3v) is 5.55. The van der Waals surface area contributed by atoms with E-state index in [0.29, 0.717) is 5.92 Å². The van der Waals surface area contributed by atoms with Gasteiger partial charge in [0.05, 0.1) is 7.11 Å². The summed E-state index contributed by atoms with van der Waals surface area (Å²) in [7, 11) is 1.72. The summed E-state index contributed by atoms with van der Waals surface area (Å²) in [5, 5.41) is 2.63. The molecule has 1 aliphatic rings. The Hall–Kier alpha value is -2.54. The molecule has 4 rings (SSSR count). The number of allylic oxidation sites excluding steroid dienone is 2. The maximum Gasteiger partial charge on any atom is 0.118 e. The zero-order valence-corrected chi connectivity index (χ0v) is 15.4. The molecule has 1 heteroatoms. The molecule has 1 nitrogen and oxygen atoms in total. The van der Waals surface area contributed by atoms with Gasteiger partial charge in [-0.05, 0) is 66.1 Å². The minimum atomic E-state index is 0.398. The summed E-state index contributed by atoms with van der Waals surface area (Å²) in [6, 6.07) is 24.2. The van der Waals surface area contributed by atoms with Crippen LogP contribution in [-0.4, -0.2) is 7.11 Å². The highest BCUT2D eigenvalue weighted by molar-refractivity contribution is 5.83. The first-order valence-electron chi connectivity index (χ1n) is 9.64. The minimum Gasteiger partial charge on any atom is -0.497 e. The van der Waals surface area contributed by atoms with Crippen molar-refractivity contribution in [2.75, 3.05) is 7.11 Å². The number of fused-ring (bicyclic) bond motifs is 1. The quantitative estimate of drug-likeness (QED) is 0.460. The molecule has 0 amide bonds. The third-order valence-electron chi connectivity index (χ3n) is 5.55. The smallest absolute Gasteiger partial charge is 0.118 e. The fourth-order valence-electron chi connectivity index (χ4n) is 4.04. The van der Waals surface area contributed by atoms with Crippen LogP contribution >= 0.6 is 0 Å². The van der Waals surface area contributed by atoms with E-state index in [1.807, 2.05) is 0 Å². The van der Waals surface area contributed by atoms with E-state index in [-0.39, 0.29) is 0 Å². The fourth-order valence-corrected chi connectivity index (χ4v) is 4.04.